The smallest absolute Gasteiger partial charge is 0.300 e. The molecule has 126 valence electrons. The van der Waals surface area contributed by atoms with Gasteiger partial charge < -0.3 is 4.79 Å². The van der Waals surface area contributed by atoms with Gasteiger partial charge in [0.2, 0.25) is 11.8 Å². The van der Waals surface area contributed by atoms with Crippen LogP contribution in [0.15, 0.2) is 23.0 Å². The molecule has 2 heterocycles. The van der Waals surface area contributed by atoms with Crippen molar-refractivity contribution in [2.75, 3.05) is 0 Å². The summed E-state index contributed by atoms with van der Waals surface area (Å²) in [6.07, 6.45) is 1.60. The number of nitrogens with one attached hydrogen (secondary N) is 1. The molecule has 2 amide bonds. The van der Waals surface area contributed by atoms with Gasteiger partial charge in [0.1, 0.15) is 11.8 Å². The average molecular weight is 329 g/mol. The van der Waals surface area contributed by atoms with Gasteiger partial charge in [-0.05, 0) is 37.5 Å². The number of benzene rings is 1. The average Bonchev–Trinajstić information content (AvgIpc) is 2.77. The van der Waals surface area contributed by atoms with Crippen molar-refractivity contribution in [1.82, 2.24) is 14.5 Å². The first-order chi connectivity index (χ1) is 11.4. The van der Waals surface area contributed by atoms with Crippen LogP contribution in [0, 0.1) is 0 Å². The molecule has 1 unspecified atom stereocenters. The first-order valence-corrected chi connectivity index (χ1v) is 7.91. The van der Waals surface area contributed by atoms with Crippen LogP contribution in [0.5, 0.6) is 0 Å². The molecule has 1 atom stereocenters. The highest BCUT2D eigenvalue weighted by atomic mass is 16.2. The maximum absolute atomic E-state index is 12.6. The fraction of sp³-hybridized carbons (Fsp3) is 0.412. The van der Waals surface area contributed by atoms with Crippen LogP contribution in [0.25, 0.3) is 11.0 Å². The molecule has 0 saturated carbocycles. The zero-order valence-corrected chi connectivity index (χ0v) is 13.7. The Labute approximate surface area is 138 Å². The zero-order chi connectivity index (χ0) is 17.4. The van der Waals surface area contributed by atoms with Crippen molar-refractivity contribution in [2.24, 2.45) is 7.05 Å². The van der Waals surface area contributed by atoms with Crippen LogP contribution in [0.3, 0.4) is 0 Å². The van der Waals surface area contributed by atoms with E-state index in [-0.39, 0.29) is 23.8 Å². The van der Waals surface area contributed by atoms with Gasteiger partial charge in [-0.3, -0.25) is 24.0 Å². The highest BCUT2D eigenvalue weighted by molar-refractivity contribution is 6.00. The van der Waals surface area contributed by atoms with E-state index in [0.29, 0.717) is 30.3 Å². The third-order valence-electron chi connectivity index (χ3n) is 4.44. The van der Waals surface area contributed by atoms with Gasteiger partial charge in [-0.15, -0.1) is 0 Å². The Kier molecular flexibility index (Phi) is 4.09. The number of aryl methyl sites for hydroxylation is 2. The van der Waals surface area contributed by atoms with Crippen molar-refractivity contribution in [2.45, 2.75) is 38.6 Å². The monoisotopic (exact) mass is 329 g/mol. The number of Topliss-reactive ketones (excluding diaryl/α,β-unsaturated/α-hetero) is 1. The minimum Gasteiger partial charge on any atom is -0.300 e. The lowest BCUT2D eigenvalue weighted by atomic mass is 10.0. The van der Waals surface area contributed by atoms with Gasteiger partial charge in [-0.2, -0.15) is 0 Å². The summed E-state index contributed by atoms with van der Waals surface area (Å²) < 4.78 is 2.95. The van der Waals surface area contributed by atoms with Gasteiger partial charge in [0.05, 0.1) is 11.0 Å². The first kappa shape index (κ1) is 16.2. The van der Waals surface area contributed by atoms with Gasteiger partial charge >= 0.3 is 5.69 Å². The lowest BCUT2D eigenvalue weighted by molar-refractivity contribution is -0.135. The normalized spacial score (nSPS) is 18.0. The van der Waals surface area contributed by atoms with Crippen LogP contribution in [-0.4, -0.2) is 26.7 Å². The zero-order valence-electron chi connectivity index (χ0n) is 13.7. The van der Waals surface area contributed by atoms with E-state index in [0.717, 1.165) is 5.56 Å². The Morgan fingerprint density at radius 3 is 2.67 bits per heavy atom. The molecule has 24 heavy (non-hydrogen) atoms. The lowest BCUT2D eigenvalue weighted by Crippen LogP contribution is -2.44. The maximum Gasteiger partial charge on any atom is 0.329 e. The summed E-state index contributed by atoms with van der Waals surface area (Å²) in [5.74, 6) is -0.636. The summed E-state index contributed by atoms with van der Waals surface area (Å²) in [7, 11) is 1.65. The lowest BCUT2D eigenvalue weighted by Gasteiger charge is -2.21. The van der Waals surface area contributed by atoms with E-state index in [1.165, 1.54) is 9.13 Å². The third kappa shape index (κ3) is 2.77. The highest BCUT2D eigenvalue weighted by Crippen LogP contribution is 2.24. The van der Waals surface area contributed by atoms with E-state index >= 15 is 0 Å². The molecular formula is C17H19N3O4. The van der Waals surface area contributed by atoms with Crippen LogP contribution >= 0.6 is 0 Å². The Morgan fingerprint density at radius 2 is 2.00 bits per heavy atom. The molecule has 1 aliphatic rings. The van der Waals surface area contributed by atoms with Crippen LogP contribution in [0.2, 0.25) is 0 Å². The van der Waals surface area contributed by atoms with Crippen molar-refractivity contribution in [3.05, 3.63) is 34.2 Å². The van der Waals surface area contributed by atoms with Crippen molar-refractivity contribution in [3.8, 4) is 0 Å². The molecule has 7 nitrogen and oxygen atoms in total. The summed E-state index contributed by atoms with van der Waals surface area (Å²) in [5.41, 5.74) is 2.05. The van der Waals surface area contributed by atoms with Crippen molar-refractivity contribution in [3.63, 3.8) is 0 Å². The Morgan fingerprint density at radius 1 is 1.25 bits per heavy atom. The van der Waals surface area contributed by atoms with Gasteiger partial charge in [0.15, 0.2) is 0 Å². The summed E-state index contributed by atoms with van der Waals surface area (Å²) >= 11 is 0. The van der Waals surface area contributed by atoms with E-state index < -0.39 is 11.9 Å². The van der Waals surface area contributed by atoms with E-state index in [4.69, 9.17) is 0 Å². The summed E-state index contributed by atoms with van der Waals surface area (Å²) in [5, 5.41) is 2.29. The fourth-order valence-electron chi connectivity index (χ4n) is 3.11. The summed E-state index contributed by atoms with van der Waals surface area (Å²) in [6.45, 7) is 1.55. The number of ketones is 1. The number of hydrogen-bond acceptors (Lipinski definition) is 4. The maximum atomic E-state index is 12.6. The SMILES string of the molecule is CC(=O)CCc1ccc2c(c1)n(C)c(=O)n2C1CCC(=O)NC1=O. The van der Waals surface area contributed by atoms with Crippen LogP contribution in [0.4, 0.5) is 0 Å². The van der Waals surface area contributed by atoms with Gasteiger partial charge in [0.25, 0.3) is 0 Å². The predicted octanol–water partition coefficient (Wildman–Crippen LogP) is 0.839. The molecule has 1 fully saturated rings. The van der Waals surface area contributed by atoms with Crippen LogP contribution in [-0.2, 0) is 27.9 Å². The number of nitrogens with zero attached hydrogens (tertiary/aromatic N) is 2. The van der Waals surface area contributed by atoms with E-state index in [1.54, 1.807) is 20.0 Å². The Hall–Kier alpha value is -2.70. The number of imide groups is 1. The highest BCUT2D eigenvalue weighted by Gasteiger charge is 2.31. The molecule has 3 rings (SSSR count). The molecule has 1 N–H and O–H groups in total. The Bertz CT molecular complexity index is 906. The number of carbonyl (C=O) groups excluding carboxylic acids is 3. The molecule has 1 aromatic heterocycles. The summed E-state index contributed by atoms with van der Waals surface area (Å²) in [4.78, 5) is 47.2. The van der Waals surface area contributed by atoms with Crippen molar-refractivity contribution >= 4 is 28.6 Å². The molecule has 0 aliphatic carbocycles. The molecule has 1 saturated heterocycles. The Balaban J connectivity index is 2.05. The first-order valence-electron chi connectivity index (χ1n) is 7.91. The largest absolute Gasteiger partial charge is 0.329 e. The van der Waals surface area contributed by atoms with Crippen LogP contribution < -0.4 is 11.0 Å². The minimum atomic E-state index is -0.679. The second-order valence-electron chi connectivity index (χ2n) is 6.20. The minimum absolute atomic E-state index is 0.116. The van der Waals surface area contributed by atoms with E-state index in [9.17, 15) is 19.2 Å². The predicted molar refractivity (Wildman–Crippen MR) is 87.6 cm³/mol. The van der Waals surface area contributed by atoms with E-state index in [2.05, 4.69) is 5.32 Å². The molecule has 7 heteroatoms. The van der Waals surface area contributed by atoms with E-state index in [1.807, 2.05) is 12.1 Å². The molecule has 0 bridgehead atoms. The molecule has 1 aliphatic heterocycles. The molecule has 2 aromatic rings. The fourth-order valence-corrected chi connectivity index (χ4v) is 3.11. The van der Waals surface area contributed by atoms with Gasteiger partial charge in [-0.25, -0.2) is 4.79 Å². The van der Waals surface area contributed by atoms with Crippen molar-refractivity contribution in [1.29, 1.82) is 0 Å². The van der Waals surface area contributed by atoms with Crippen LogP contribution in [0.1, 0.15) is 37.8 Å². The number of amides is 2. The number of rotatable bonds is 4. The number of piperidine rings is 1. The third-order valence-corrected chi connectivity index (χ3v) is 4.44. The molecule has 1 aromatic carbocycles. The standard InChI is InChI=1S/C17H19N3O4/c1-10(21)3-4-11-5-6-12-14(9-11)19(2)17(24)20(12)13-7-8-15(22)18-16(13)23/h5-6,9,13H,3-4,7-8H2,1-2H3,(H,18,22,23). The molecule has 0 radical (unpaired) electrons. The second-order valence-corrected chi connectivity index (χ2v) is 6.20. The molecule has 0 spiro atoms. The van der Waals surface area contributed by atoms with Gasteiger partial charge in [-0.1, -0.05) is 6.07 Å². The number of imidazole rings is 1. The topological polar surface area (TPSA) is 90.2 Å². The quantitative estimate of drug-likeness (QED) is 0.842. The summed E-state index contributed by atoms with van der Waals surface area (Å²) in [6, 6.07) is 4.87. The number of fused-ring (bicyclic) bond motifs is 1. The number of aromatic nitrogens is 2. The number of hydrogen-bond donors (Lipinski definition) is 1. The van der Waals surface area contributed by atoms with Crippen molar-refractivity contribution < 1.29 is 14.4 Å². The number of carbonyl (C=O) groups is 3. The molecular weight excluding hydrogens is 310 g/mol. The van der Waals surface area contributed by atoms with Gasteiger partial charge in [0, 0.05) is 19.9 Å². The second kappa shape index (κ2) is 6.07.